The van der Waals surface area contributed by atoms with E-state index in [9.17, 15) is 8.42 Å². The summed E-state index contributed by atoms with van der Waals surface area (Å²) in [5, 5.41) is 11.6. The topological polar surface area (TPSA) is 130 Å². The van der Waals surface area contributed by atoms with E-state index in [1.165, 1.54) is 18.3 Å². The average Bonchev–Trinajstić information content (AvgIpc) is 2.50. The lowest BCUT2D eigenvalue weighted by Crippen LogP contribution is -2.26. The lowest BCUT2D eigenvalue weighted by atomic mass is 10.3. The second kappa shape index (κ2) is 7.01. The van der Waals surface area contributed by atoms with Crippen molar-refractivity contribution in [1.82, 2.24) is 14.7 Å². The Morgan fingerprint density at radius 2 is 1.95 bits per heavy atom. The number of sulfonamides is 1. The lowest BCUT2D eigenvalue weighted by molar-refractivity contribution is 0.301. The Hall–Kier alpha value is -1.75. The summed E-state index contributed by atoms with van der Waals surface area (Å²) in [6.45, 7) is -0.296. The number of rotatable bonds is 6. The molecule has 0 atom stereocenters. The first-order chi connectivity index (χ1) is 10.4. The minimum atomic E-state index is -3.62. The molecule has 1 heterocycles. The molecule has 0 aliphatic rings. The first-order valence-electron chi connectivity index (χ1n) is 6.18. The van der Waals surface area contributed by atoms with Crippen LogP contribution >= 0.6 is 15.9 Å². The SMILES string of the molecule is Nc1nc(Nc2ccc(S(=O)(=O)NCCO)cc2)ncc1Br. The number of benzene rings is 1. The van der Waals surface area contributed by atoms with Crippen LogP contribution in [0.5, 0.6) is 0 Å². The number of nitrogens with zero attached hydrogens (tertiary/aromatic N) is 2. The average molecular weight is 388 g/mol. The number of nitrogens with one attached hydrogen (secondary N) is 2. The van der Waals surface area contributed by atoms with E-state index in [0.29, 0.717) is 21.9 Å². The smallest absolute Gasteiger partial charge is 0.240 e. The summed E-state index contributed by atoms with van der Waals surface area (Å²) in [7, 11) is -3.62. The lowest BCUT2D eigenvalue weighted by Gasteiger charge is -2.08. The molecule has 22 heavy (non-hydrogen) atoms. The normalized spacial score (nSPS) is 11.4. The maximum absolute atomic E-state index is 11.9. The molecule has 0 saturated carbocycles. The molecular weight excluding hydrogens is 374 g/mol. The largest absolute Gasteiger partial charge is 0.395 e. The molecule has 1 aromatic carbocycles. The summed E-state index contributed by atoms with van der Waals surface area (Å²) >= 11 is 3.20. The van der Waals surface area contributed by atoms with Crippen LogP contribution in [-0.2, 0) is 10.0 Å². The zero-order chi connectivity index (χ0) is 16.2. The summed E-state index contributed by atoms with van der Waals surface area (Å²) in [6.07, 6.45) is 1.52. The highest BCUT2D eigenvalue weighted by atomic mass is 79.9. The molecule has 5 N–H and O–H groups in total. The number of aromatic nitrogens is 2. The molecule has 0 aliphatic heterocycles. The first-order valence-corrected chi connectivity index (χ1v) is 8.45. The number of hydrogen-bond donors (Lipinski definition) is 4. The Morgan fingerprint density at radius 3 is 2.55 bits per heavy atom. The number of hydrogen-bond acceptors (Lipinski definition) is 7. The number of anilines is 3. The van der Waals surface area contributed by atoms with Crippen LogP contribution in [0.4, 0.5) is 17.5 Å². The third-order valence-corrected chi connectivity index (χ3v) is 4.68. The van der Waals surface area contributed by atoms with Crippen molar-refractivity contribution in [1.29, 1.82) is 0 Å². The minimum absolute atomic E-state index is 0.0334. The summed E-state index contributed by atoms with van der Waals surface area (Å²) < 4.78 is 26.6. The Bertz CT molecular complexity index is 752. The van der Waals surface area contributed by atoms with Gasteiger partial charge in [0.25, 0.3) is 0 Å². The molecule has 118 valence electrons. The zero-order valence-corrected chi connectivity index (χ0v) is 13.7. The van der Waals surface area contributed by atoms with Crippen LogP contribution in [0.25, 0.3) is 0 Å². The van der Waals surface area contributed by atoms with E-state index >= 15 is 0 Å². The second-order valence-corrected chi connectivity index (χ2v) is 6.82. The predicted octanol–water partition coefficient (Wildman–Crippen LogP) is 0.835. The third kappa shape index (κ3) is 4.13. The van der Waals surface area contributed by atoms with Gasteiger partial charge in [-0.05, 0) is 40.2 Å². The van der Waals surface area contributed by atoms with Crippen molar-refractivity contribution >= 4 is 43.4 Å². The van der Waals surface area contributed by atoms with E-state index in [4.69, 9.17) is 10.8 Å². The monoisotopic (exact) mass is 387 g/mol. The molecule has 2 aromatic rings. The highest BCUT2D eigenvalue weighted by Gasteiger charge is 2.12. The summed E-state index contributed by atoms with van der Waals surface area (Å²) in [5.41, 5.74) is 6.27. The molecule has 0 amide bonds. The molecule has 10 heteroatoms. The molecular formula is C12H14BrN5O3S. The molecule has 0 saturated heterocycles. The zero-order valence-electron chi connectivity index (χ0n) is 11.3. The van der Waals surface area contributed by atoms with Gasteiger partial charge in [0.15, 0.2) is 0 Å². The van der Waals surface area contributed by atoms with E-state index in [2.05, 4.69) is 35.9 Å². The van der Waals surface area contributed by atoms with E-state index in [0.717, 1.165) is 0 Å². The predicted molar refractivity (Wildman–Crippen MR) is 86.1 cm³/mol. The number of nitrogens with two attached hydrogens (primary N) is 1. The fraction of sp³-hybridized carbons (Fsp3) is 0.167. The third-order valence-electron chi connectivity index (χ3n) is 2.60. The standard InChI is InChI=1S/C12H14BrN5O3S/c13-10-7-15-12(18-11(10)14)17-8-1-3-9(4-2-8)22(20,21)16-5-6-19/h1-4,7,16,19H,5-6H2,(H3,14,15,17,18). The van der Waals surface area contributed by atoms with E-state index in [1.54, 1.807) is 12.1 Å². The van der Waals surface area contributed by atoms with Crippen LogP contribution in [0.3, 0.4) is 0 Å². The van der Waals surface area contributed by atoms with Gasteiger partial charge < -0.3 is 16.2 Å². The molecule has 0 radical (unpaired) electrons. The van der Waals surface area contributed by atoms with Crippen LogP contribution in [0, 0.1) is 0 Å². The van der Waals surface area contributed by atoms with Crippen molar-refractivity contribution in [3.05, 3.63) is 34.9 Å². The molecule has 0 unspecified atom stereocenters. The number of aliphatic hydroxyl groups excluding tert-OH is 1. The van der Waals surface area contributed by atoms with Crippen LogP contribution in [-0.4, -0.2) is 36.6 Å². The van der Waals surface area contributed by atoms with Crippen LogP contribution in [0.2, 0.25) is 0 Å². The molecule has 0 aliphatic carbocycles. The van der Waals surface area contributed by atoms with Gasteiger partial charge in [-0.2, -0.15) is 4.98 Å². The summed E-state index contributed by atoms with van der Waals surface area (Å²) in [4.78, 5) is 8.17. The highest BCUT2D eigenvalue weighted by Crippen LogP contribution is 2.20. The number of nitrogen functional groups attached to an aromatic ring is 1. The summed E-state index contributed by atoms with van der Waals surface area (Å²) in [5.74, 6) is 0.597. The molecule has 8 nitrogen and oxygen atoms in total. The van der Waals surface area contributed by atoms with Gasteiger partial charge in [-0.1, -0.05) is 0 Å². The minimum Gasteiger partial charge on any atom is -0.395 e. The number of halogens is 1. The number of aliphatic hydroxyl groups is 1. The van der Waals surface area contributed by atoms with Gasteiger partial charge in [-0.15, -0.1) is 0 Å². The van der Waals surface area contributed by atoms with Crippen molar-refractivity contribution in [2.24, 2.45) is 0 Å². The first kappa shape index (κ1) is 16.6. The van der Waals surface area contributed by atoms with E-state index < -0.39 is 10.0 Å². The highest BCUT2D eigenvalue weighted by molar-refractivity contribution is 9.10. The Kier molecular flexibility index (Phi) is 5.29. The van der Waals surface area contributed by atoms with Crippen LogP contribution in [0.1, 0.15) is 0 Å². The van der Waals surface area contributed by atoms with Crippen molar-refractivity contribution in [2.75, 3.05) is 24.2 Å². The van der Waals surface area contributed by atoms with Crippen molar-refractivity contribution in [2.45, 2.75) is 4.90 Å². The van der Waals surface area contributed by atoms with Gasteiger partial charge in [-0.25, -0.2) is 18.1 Å². The van der Waals surface area contributed by atoms with Gasteiger partial charge in [0, 0.05) is 18.4 Å². The molecule has 1 aromatic heterocycles. The fourth-order valence-electron chi connectivity index (χ4n) is 1.55. The van der Waals surface area contributed by atoms with E-state index in [-0.39, 0.29) is 18.0 Å². The van der Waals surface area contributed by atoms with Crippen molar-refractivity contribution in [3.8, 4) is 0 Å². The molecule has 0 fully saturated rings. The van der Waals surface area contributed by atoms with Gasteiger partial charge in [0.2, 0.25) is 16.0 Å². The Morgan fingerprint density at radius 1 is 1.27 bits per heavy atom. The maximum atomic E-state index is 11.9. The fourth-order valence-corrected chi connectivity index (χ4v) is 2.76. The molecule has 2 rings (SSSR count). The van der Waals surface area contributed by atoms with Gasteiger partial charge in [-0.3, -0.25) is 0 Å². The van der Waals surface area contributed by atoms with Crippen LogP contribution < -0.4 is 15.8 Å². The second-order valence-electron chi connectivity index (χ2n) is 4.20. The Labute approximate surface area is 136 Å². The van der Waals surface area contributed by atoms with Crippen LogP contribution in [0.15, 0.2) is 39.8 Å². The van der Waals surface area contributed by atoms with Gasteiger partial charge >= 0.3 is 0 Å². The van der Waals surface area contributed by atoms with Gasteiger partial charge in [0.05, 0.1) is 16.0 Å². The Balaban J connectivity index is 2.13. The molecule has 0 bridgehead atoms. The maximum Gasteiger partial charge on any atom is 0.240 e. The van der Waals surface area contributed by atoms with Gasteiger partial charge in [0.1, 0.15) is 5.82 Å². The van der Waals surface area contributed by atoms with Crippen molar-refractivity contribution in [3.63, 3.8) is 0 Å². The molecule has 0 spiro atoms. The van der Waals surface area contributed by atoms with Crippen molar-refractivity contribution < 1.29 is 13.5 Å². The summed E-state index contributed by atoms with van der Waals surface area (Å²) in [6, 6.07) is 6.03. The van der Waals surface area contributed by atoms with E-state index in [1.807, 2.05) is 0 Å². The quantitative estimate of drug-likeness (QED) is 0.577.